The van der Waals surface area contributed by atoms with Gasteiger partial charge in [0.2, 0.25) is 0 Å². The minimum absolute atomic E-state index is 0. The molecule has 3 heterocycles. The number of halogens is 2. The number of piperidine rings is 1. The highest BCUT2D eigenvalue weighted by Crippen LogP contribution is 2.34. The number of hydrogen-bond donors (Lipinski definition) is 2. The molecular formula is C23H31Cl2N7O3. The molecule has 1 aromatic carbocycles. The zero-order valence-electron chi connectivity index (χ0n) is 20.3. The summed E-state index contributed by atoms with van der Waals surface area (Å²) in [4.78, 5) is 12.5. The van der Waals surface area contributed by atoms with Crippen LogP contribution in [0.1, 0.15) is 40.5 Å². The predicted molar refractivity (Wildman–Crippen MR) is 140 cm³/mol. The first-order chi connectivity index (χ1) is 15.4. The number of phenols is 1. The van der Waals surface area contributed by atoms with E-state index in [0.717, 1.165) is 24.9 Å². The Morgan fingerprint density at radius 1 is 1.11 bits per heavy atom. The summed E-state index contributed by atoms with van der Waals surface area (Å²) in [5, 5.41) is 37.9. The van der Waals surface area contributed by atoms with Gasteiger partial charge in [0.15, 0.2) is 5.82 Å². The molecule has 0 unspecified atom stereocenters. The Labute approximate surface area is 216 Å². The normalized spacial score (nSPS) is 16.6. The number of anilines is 1. The van der Waals surface area contributed by atoms with E-state index in [1.807, 2.05) is 19.2 Å². The van der Waals surface area contributed by atoms with Crippen molar-refractivity contribution in [3.8, 4) is 22.7 Å². The van der Waals surface area contributed by atoms with Gasteiger partial charge < -0.3 is 15.3 Å². The molecular weight excluding hydrogens is 493 g/mol. The maximum atomic E-state index is 10.9. The van der Waals surface area contributed by atoms with Crippen molar-refractivity contribution in [2.75, 3.05) is 11.9 Å². The lowest BCUT2D eigenvalue weighted by molar-refractivity contribution is -0.384. The average Bonchev–Trinajstić information content (AvgIpc) is 3.22. The van der Waals surface area contributed by atoms with Crippen LogP contribution in [0.15, 0.2) is 42.7 Å². The van der Waals surface area contributed by atoms with Crippen LogP contribution in [0.5, 0.6) is 5.75 Å². The summed E-state index contributed by atoms with van der Waals surface area (Å²) in [6.07, 6.45) is 4.44. The second-order valence-electron chi connectivity index (χ2n) is 9.94. The molecule has 3 aromatic rings. The fourth-order valence-electron chi connectivity index (χ4n) is 4.81. The van der Waals surface area contributed by atoms with Gasteiger partial charge in [-0.05, 0) is 64.8 Å². The lowest BCUT2D eigenvalue weighted by Gasteiger charge is -2.49. The number of aromatic hydroxyl groups is 1. The average molecular weight is 524 g/mol. The van der Waals surface area contributed by atoms with Gasteiger partial charge in [0, 0.05) is 35.8 Å². The van der Waals surface area contributed by atoms with Crippen molar-refractivity contribution in [2.24, 2.45) is 0 Å². The third-order valence-electron chi connectivity index (χ3n) is 6.03. The van der Waals surface area contributed by atoms with Crippen LogP contribution >= 0.6 is 24.8 Å². The van der Waals surface area contributed by atoms with Gasteiger partial charge in [-0.1, -0.05) is 0 Å². The van der Waals surface area contributed by atoms with E-state index in [9.17, 15) is 15.2 Å². The van der Waals surface area contributed by atoms with Gasteiger partial charge in [-0.2, -0.15) is 5.10 Å². The molecule has 0 atom stereocenters. The molecule has 1 aliphatic rings. The Kier molecular flexibility index (Phi) is 8.36. The molecule has 2 N–H and O–H groups in total. The molecule has 4 rings (SSSR count). The van der Waals surface area contributed by atoms with E-state index in [0.29, 0.717) is 23.0 Å². The number of nitrogens with one attached hydrogen (secondary N) is 1. The molecule has 1 fully saturated rings. The molecule has 0 spiro atoms. The van der Waals surface area contributed by atoms with Gasteiger partial charge in [0.1, 0.15) is 18.1 Å². The van der Waals surface area contributed by atoms with Crippen LogP contribution in [0.3, 0.4) is 0 Å². The van der Waals surface area contributed by atoms with Gasteiger partial charge >= 0.3 is 5.69 Å². The van der Waals surface area contributed by atoms with E-state index in [4.69, 9.17) is 0 Å². The summed E-state index contributed by atoms with van der Waals surface area (Å²) in [5.41, 5.74) is 1.49. The van der Waals surface area contributed by atoms with Crippen molar-refractivity contribution in [3.63, 3.8) is 0 Å². The Hall–Kier alpha value is -2.95. The quantitative estimate of drug-likeness (QED) is 0.369. The molecule has 10 nitrogen and oxygen atoms in total. The Balaban J connectivity index is 0.00000216. The maximum absolute atomic E-state index is 10.9. The van der Waals surface area contributed by atoms with Crippen LogP contribution in [0.2, 0.25) is 0 Å². The van der Waals surface area contributed by atoms with Crippen molar-refractivity contribution >= 4 is 36.3 Å². The lowest BCUT2D eigenvalue weighted by Crippen LogP contribution is -2.62. The molecule has 35 heavy (non-hydrogen) atoms. The number of aromatic nitrogens is 4. The zero-order valence-corrected chi connectivity index (χ0v) is 21.9. The zero-order chi connectivity index (χ0) is 24.0. The highest BCUT2D eigenvalue weighted by atomic mass is 35.5. The van der Waals surface area contributed by atoms with E-state index in [1.165, 1.54) is 16.9 Å². The van der Waals surface area contributed by atoms with E-state index in [-0.39, 0.29) is 47.3 Å². The molecule has 12 heteroatoms. The fourth-order valence-corrected chi connectivity index (χ4v) is 4.81. The van der Waals surface area contributed by atoms with Crippen molar-refractivity contribution in [3.05, 3.63) is 52.8 Å². The number of hydrogen-bond acceptors (Lipinski definition) is 8. The molecule has 1 aliphatic heterocycles. The summed E-state index contributed by atoms with van der Waals surface area (Å²) < 4.78 is 1.34. The summed E-state index contributed by atoms with van der Waals surface area (Å²) in [6.45, 7) is 8.88. The van der Waals surface area contributed by atoms with E-state index in [2.05, 4.69) is 53.2 Å². The number of nitro groups is 1. The Bertz CT molecular complexity index is 1170. The van der Waals surface area contributed by atoms with Gasteiger partial charge in [-0.15, -0.1) is 35.0 Å². The second kappa shape index (κ2) is 10.3. The number of rotatable bonds is 5. The van der Waals surface area contributed by atoms with Crippen LogP contribution in [0.25, 0.3) is 16.9 Å². The first-order valence-electron chi connectivity index (χ1n) is 10.8. The summed E-state index contributed by atoms with van der Waals surface area (Å²) >= 11 is 0. The molecule has 190 valence electrons. The van der Waals surface area contributed by atoms with Crippen molar-refractivity contribution in [1.82, 2.24) is 25.3 Å². The monoisotopic (exact) mass is 523 g/mol. The van der Waals surface area contributed by atoms with Gasteiger partial charge in [0.25, 0.3) is 0 Å². The third-order valence-corrected chi connectivity index (χ3v) is 6.03. The highest BCUT2D eigenvalue weighted by Gasteiger charge is 2.39. The Morgan fingerprint density at radius 3 is 2.29 bits per heavy atom. The topological polar surface area (TPSA) is 122 Å². The maximum Gasteiger partial charge on any atom is 0.307 e. The minimum Gasteiger partial charge on any atom is -0.507 e. The van der Waals surface area contributed by atoms with Crippen LogP contribution in [0.4, 0.5) is 11.5 Å². The molecule has 0 amide bonds. The smallest absolute Gasteiger partial charge is 0.307 e. The number of phenolic OH excluding ortho intramolecular Hbond substituents is 1. The number of benzene rings is 1. The first-order valence-corrected chi connectivity index (χ1v) is 10.8. The molecule has 0 bridgehead atoms. The summed E-state index contributed by atoms with van der Waals surface area (Å²) in [5.74, 6) is 0.764. The van der Waals surface area contributed by atoms with Gasteiger partial charge in [0.05, 0.1) is 16.3 Å². The van der Waals surface area contributed by atoms with Crippen LogP contribution in [0, 0.1) is 10.1 Å². The van der Waals surface area contributed by atoms with E-state index < -0.39 is 4.92 Å². The molecule has 2 aromatic heterocycles. The predicted octanol–water partition coefficient (Wildman–Crippen LogP) is 4.53. The van der Waals surface area contributed by atoms with Crippen LogP contribution < -0.4 is 10.2 Å². The fraction of sp³-hybridized carbons (Fsp3) is 0.435. The Morgan fingerprint density at radius 2 is 1.77 bits per heavy atom. The van der Waals surface area contributed by atoms with Gasteiger partial charge in [-0.25, -0.2) is 4.68 Å². The van der Waals surface area contributed by atoms with Crippen LogP contribution in [-0.2, 0) is 0 Å². The molecule has 0 saturated carbocycles. The van der Waals surface area contributed by atoms with E-state index in [1.54, 1.807) is 12.1 Å². The standard InChI is InChI=1S/C23H29N7O3.2ClH/c1-22(2)11-16(12-23(3,4)27-22)28(5)21-9-8-19(25-26-21)18-7-6-15(10-20(18)31)29-14-17(13-24-29)30(32)33;;/h6-10,13-14,16,27,31H,11-12H2,1-5H3;2*1H. The minimum atomic E-state index is -0.516. The SMILES string of the molecule is CN(c1ccc(-c2ccc(-n3cc([N+](=O)[O-])cn3)cc2O)nn1)C1CC(C)(C)NC(C)(C)C1.Cl.Cl. The molecule has 1 saturated heterocycles. The molecule has 0 radical (unpaired) electrons. The molecule has 0 aliphatic carbocycles. The van der Waals surface area contributed by atoms with Gasteiger partial charge in [-0.3, -0.25) is 10.1 Å². The largest absolute Gasteiger partial charge is 0.507 e. The van der Waals surface area contributed by atoms with Crippen molar-refractivity contribution in [2.45, 2.75) is 57.7 Å². The highest BCUT2D eigenvalue weighted by molar-refractivity contribution is 5.85. The van der Waals surface area contributed by atoms with Crippen LogP contribution in [-0.4, -0.2) is 54.2 Å². The van der Waals surface area contributed by atoms with Crippen molar-refractivity contribution in [1.29, 1.82) is 0 Å². The van der Waals surface area contributed by atoms with Crippen molar-refractivity contribution < 1.29 is 10.0 Å². The number of nitrogens with zero attached hydrogens (tertiary/aromatic N) is 6. The van der Waals surface area contributed by atoms with E-state index >= 15 is 0 Å². The lowest BCUT2D eigenvalue weighted by atomic mass is 9.79. The first kappa shape index (κ1) is 28.3. The third kappa shape index (κ3) is 6.19. The second-order valence-corrected chi connectivity index (χ2v) is 9.94. The summed E-state index contributed by atoms with van der Waals surface area (Å²) in [7, 11) is 2.04. The summed E-state index contributed by atoms with van der Waals surface area (Å²) in [6, 6.07) is 8.98.